The summed E-state index contributed by atoms with van der Waals surface area (Å²) in [5.74, 6) is 1.24. The minimum absolute atomic E-state index is 0.0787. The van der Waals surface area contributed by atoms with Crippen molar-refractivity contribution in [3.63, 3.8) is 0 Å². The molecule has 0 aromatic heterocycles. The van der Waals surface area contributed by atoms with Gasteiger partial charge in [0.15, 0.2) is 9.54 Å². The summed E-state index contributed by atoms with van der Waals surface area (Å²) in [6, 6.07) is 0. The Morgan fingerprint density at radius 2 is 2.14 bits per heavy atom. The number of piperidine rings is 1. The van der Waals surface area contributed by atoms with E-state index in [-0.39, 0.29) is 11.8 Å². The maximum Gasteiger partial charge on any atom is 0.248 e. The van der Waals surface area contributed by atoms with Crippen LogP contribution in [0.5, 0.6) is 0 Å². The maximum absolute atomic E-state index is 12.2. The Morgan fingerprint density at radius 1 is 1.36 bits per heavy atom. The maximum atomic E-state index is 12.2. The fourth-order valence-electron chi connectivity index (χ4n) is 2.59. The van der Waals surface area contributed by atoms with E-state index in [1.54, 1.807) is 5.01 Å². The van der Waals surface area contributed by atoms with Crippen LogP contribution in [-0.2, 0) is 9.59 Å². The first-order valence-electron chi connectivity index (χ1n) is 7.68. The molecule has 3 rings (SSSR count). The molecule has 6 nitrogen and oxygen atoms in total. The number of aliphatic imine (C=N–C) groups is 1. The summed E-state index contributed by atoms with van der Waals surface area (Å²) in [4.78, 5) is 29.7. The smallest absolute Gasteiger partial charge is 0.248 e. The van der Waals surface area contributed by atoms with Gasteiger partial charge >= 0.3 is 0 Å². The first-order valence-corrected chi connectivity index (χ1v) is 9.48. The molecule has 0 aromatic rings. The molecule has 120 valence electrons. The van der Waals surface area contributed by atoms with Crippen molar-refractivity contribution < 1.29 is 9.59 Å². The summed E-state index contributed by atoms with van der Waals surface area (Å²) in [5.41, 5.74) is 0. The predicted molar refractivity (Wildman–Crippen MR) is 90.8 cm³/mol. The number of carbonyl (C=O) groups excluding carboxylic acids is 2. The van der Waals surface area contributed by atoms with Crippen LogP contribution < -0.4 is 0 Å². The average Bonchev–Trinajstić information content (AvgIpc) is 2.79. The first kappa shape index (κ1) is 15.9. The van der Waals surface area contributed by atoms with E-state index in [1.807, 2.05) is 4.90 Å². The molecule has 3 aliphatic rings. The van der Waals surface area contributed by atoms with Gasteiger partial charge in [-0.05, 0) is 36.9 Å². The number of thioether (sulfide) groups is 2. The highest BCUT2D eigenvalue weighted by Crippen LogP contribution is 2.30. The Labute approximate surface area is 138 Å². The van der Waals surface area contributed by atoms with Gasteiger partial charge in [-0.3, -0.25) is 9.59 Å². The minimum atomic E-state index is -0.0787. The van der Waals surface area contributed by atoms with Crippen LogP contribution in [0.2, 0.25) is 0 Å². The number of nitrogens with zero attached hydrogens (tertiary/aromatic N) is 4. The van der Waals surface area contributed by atoms with Crippen molar-refractivity contribution >= 4 is 44.9 Å². The fourth-order valence-corrected chi connectivity index (χ4v) is 4.49. The molecule has 0 spiro atoms. The largest absolute Gasteiger partial charge is 0.342 e. The third kappa shape index (κ3) is 3.84. The summed E-state index contributed by atoms with van der Waals surface area (Å²) < 4.78 is 0.812. The molecule has 0 aromatic carbocycles. The number of amidine groups is 1. The highest BCUT2D eigenvalue weighted by atomic mass is 32.2. The minimum Gasteiger partial charge on any atom is -0.342 e. The van der Waals surface area contributed by atoms with Crippen molar-refractivity contribution in [2.24, 2.45) is 16.0 Å². The summed E-state index contributed by atoms with van der Waals surface area (Å²) >= 11 is 2.85. The number of rotatable bonds is 2. The zero-order chi connectivity index (χ0) is 15.5. The van der Waals surface area contributed by atoms with Gasteiger partial charge in [-0.25, -0.2) is 5.01 Å². The lowest BCUT2D eigenvalue weighted by Crippen LogP contribution is -2.39. The van der Waals surface area contributed by atoms with E-state index in [0.29, 0.717) is 17.3 Å². The quantitative estimate of drug-likeness (QED) is 0.769. The molecule has 1 saturated heterocycles. The van der Waals surface area contributed by atoms with Gasteiger partial charge in [-0.1, -0.05) is 18.7 Å². The van der Waals surface area contributed by atoms with Crippen LogP contribution in [0.3, 0.4) is 0 Å². The van der Waals surface area contributed by atoms with Gasteiger partial charge in [0.2, 0.25) is 11.8 Å². The topological polar surface area (TPSA) is 65.3 Å². The van der Waals surface area contributed by atoms with E-state index >= 15 is 0 Å². The van der Waals surface area contributed by atoms with E-state index in [9.17, 15) is 9.59 Å². The fraction of sp³-hybridized carbons (Fsp3) is 0.714. The molecule has 0 bridgehead atoms. The second-order valence-electron chi connectivity index (χ2n) is 5.83. The Kier molecular flexibility index (Phi) is 5.07. The average molecular weight is 340 g/mol. The molecule has 3 aliphatic heterocycles. The molecule has 2 amide bonds. The Hall–Kier alpha value is -1.02. The summed E-state index contributed by atoms with van der Waals surface area (Å²) in [6.07, 6.45) is 3.46. The molecule has 0 atom stereocenters. The summed E-state index contributed by atoms with van der Waals surface area (Å²) in [6.45, 7) is 4.70. The van der Waals surface area contributed by atoms with E-state index in [0.717, 1.165) is 49.2 Å². The van der Waals surface area contributed by atoms with Gasteiger partial charge in [0.1, 0.15) is 0 Å². The molecular weight excluding hydrogens is 320 g/mol. The van der Waals surface area contributed by atoms with Crippen LogP contribution in [0.4, 0.5) is 0 Å². The van der Waals surface area contributed by atoms with E-state index < -0.39 is 0 Å². The van der Waals surface area contributed by atoms with Crippen LogP contribution >= 0.6 is 23.5 Å². The highest BCUT2D eigenvalue weighted by Gasteiger charge is 2.28. The predicted octanol–water partition coefficient (Wildman–Crippen LogP) is 1.97. The number of hydrogen-bond acceptors (Lipinski definition) is 6. The van der Waals surface area contributed by atoms with Gasteiger partial charge in [-0.15, -0.1) is 0 Å². The van der Waals surface area contributed by atoms with Crippen LogP contribution in [0, 0.1) is 5.92 Å². The summed E-state index contributed by atoms with van der Waals surface area (Å²) in [5, 5.41) is 6.90. The number of carbonyl (C=O) groups is 2. The first-order chi connectivity index (χ1) is 10.6. The number of hydrazone groups is 1. The third-order valence-electron chi connectivity index (χ3n) is 4.04. The van der Waals surface area contributed by atoms with Crippen LogP contribution in [-0.4, -0.2) is 56.7 Å². The lowest BCUT2D eigenvalue weighted by Gasteiger charge is -2.30. The zero-order valence-electron chi connectivity index (χ0n) is 12.7. The van der Waals surface area contributed by atoms with Crippen LogP contribution in [0.25, 0.3) is 0 Å². The van der Waals surface area contributed by atoms with Gasteiger partial charge < -0.3 is 4.90 Å². The Bertz CT molecular complexity index is 527. The lowest BCUT2D eigenvalue weighted by molar-refractivity contribution is -0.129. The molecule has 0 saturated carbocycles. The van der Waals surface area contributed by atoms with Crippen molar-refractivity contribution in [3.8, 4) is 0 Å². The van der Waals surface area contributed by atoms with E-state index in [4.69, 9.17) is 0 Å². The molecule has 0 aliphatic carbocycles. The van der Waals surface area contributed by atoms with Crippen molar-refractivity contribution in [2.75, 3.05) is 25.4 Å². The number of amides is 2. The van der Waals surface area contributed by atoms with E-state index in [2.05, 4.69) is 17.0 Å². The van der Waals surface area contributed by atoms with Crippen LogP contribution in [0.15, 0.2) is 10.1 Å². The van der Waals surface area contributed by atoms with Crippen molar-refractivity contribution in [3.05, 3.63) is 0 Å². The van der Waals surface area contributed by atoms with Crippen molar-refractivity contribution in [1.29, 1.82) is 0 Å². The molecule has 8 heteroatoms. The molecule has 22 heavy (non-hydrogen) atoms. The molecular formula is C14H20N4O2S2. The van der Waals surface area contributed by atoms with Crippen molar-refractivity contribution in [1.82, 2.24) is 9.91 Å². The highest BCUT2D eigenvalue weighted by molar-refractivity contribution is 8.45. The molecule has 3 heterocycles. The van der Waals surface area contributed by atoms with E-state index in [1.165, 1.54) is 23.5 Å². The van der Waals surface area contributed by atoms with Gasteiger partial charge in [0.05, 0.1) is 5.75 Å². The molecule has 0 radical (unpaired) electrons. The number of likely N-dealkylation sites (tertiary alicyclic amines) is 1. The Morgan fingerprint density at radius 3 is 2.91 bits per heavy atom. The molecule has 0 unspecified atom stereocenters. The van der Waals surface area contributed by atoms with Gasteiger partial charge in [-0.2, -0.15) is 10.1 Å². The standard InChI is InChI=1S/C14H20N4O2S2/c1-10-4-7-17(8-5-10)12(20)9-21-14-16-18-6-2-3-11(19)15-13(18)22-14/h10H,2-9H2,1H3. The number of hydrogen-bond donors (Lipinski definition) is 0. The third-order valence-corrected chi connectivity index (χ3v) is 6.10. The monoisotopic (exact) mass is 340 g/mol. The molecule has 1 fully saturated rings. The second kappa shape index (κ2) is 7.04. The summed E-state index contributed by atoms with van der Waals surface area (Å²) in [7, 11) is 0. The second-order valence-corrected chi connectivity index (χ2v) is 8.01. The molecule has 0 N–H and O–H groups in total. The van der Waals surface area contributed by atoms with Crippen LogP contribution in [0.1, 0.15) is 32.6 Å². The van der Waals surface area contributed by atoms with Crippen molar-refractivity contribution in [2.45, 2.75) is 32.6 Å². The Balaban J connectivity index is 1.50. The normalized spacial score (nSPS) is 23.0. The van der Waals surface area contributed by atoms with Gasteiger partial charge in [0, 0.05) is 26.1 Å². The number of fused-ring (bicyclic) bond motifs is 1. The SMILES string of the molecule is CC1CCN(C(=O)CSC2=NN3CCCC(=O)N=C3S2)CC1. The van der Waals surface area contributed by atoms with Gasteiger partial charge in [0.25, 0.3) is 0 Å². The lowest BCUT2D eigenvalue weighted by atomic mass is 9.99. The zero-order valence-corrected chi connectivity index (χ0v) is 14.3.